The van der Waals surface area contributed by atoms with Gasteiger partial charge in [-0.25, -0.2) is 0 Å². The maximum Gasteiger partial charge on any atom is 3.00 e. The number of rotatable bonds is 0. The van der Waals surface area contributed by atoms with E-state index in [0.717, 1.165) is 20.8 Å². The van der Waals surface area contributed by atoms with Crippen molar-refractivity contribution in [2.24, 2.45) is 0 Å². The average Bonchev–Trinajstić information content (AvgIpc) is 1.54. The second kappa shape index (κ2) is 23.0. The van der Waals surface area contributed by atoms with Crippen molar-refractivity contribution >= 4 is 17.9 Å². The normalized spacial score (nSPS) is 5.36. The molecule has 8 heteroatoms. The van der Waals surface area contributed by atoms with Gasteiger partial charge in [-0.2, -0.15) is 0 Å². The third-order valence-corrected chi connectivity index (χ3v) is 0. The van der Waals surface area contributed by atoms with Crippen molar-refractivity contribution in [1.29, 1.82) is 0 Å². The van der Waals surface area contributed by atoms with E-state index in [0.29, 0.717) is 0 Å². The Morgan fingerprint density at radius 1 is 0.714 bits per heavy atom. The van der Waals surface area contributed by atoms with E-state index in [1.807, 2.05) is 0 Å². The van der Waals surface area contributed by atoms with Gasteiger partial charge in [0.2, 0.25) is 0 Å². The summed E-state index contributed by atoms with van der Waals surface area (Å²) in [5.41, 5.74) is 0. The standard InChI is InChI=1S/3C2H4O2.H2O.Pr/c3*1-2(3)4;;/h3*1H3,(H,3,4);1H2;/q;;;;+3/p-3. The van der Waals surface area contributed by atoms with Gasteiger partial charge >= 0.3 is 41.3 Å². The molecule has 14 heavy (non-hydrogen) atoms. The number of hydrogen-bond donors (Lipinski definition) is 0. The summed E-state index contributed by atoms with van der Waals surface area (Å²) in [5.74, 6) is -3.25. The summed E-state index contributed by atoms with van der Waals surface area (Å²) in [7, 11) is 0. The molecule has 80 valence electrons. The van der Waals surface area contributed by atoms with Gasteiger partial charge in [0.25, 0.3) is 0 Å². The molecule has 0 rings (SSSR count). The molecule has 0 aromatic carbocycles. The molecule has 0 bridgehead atoms. The zero-order valence-corrected chi connectivity index (χ0v) is 11.7. The maximum atomic E-state index is 8.89. The van der Waals surface area contributed by atoms with Gasteiger partial charge in [0, 0.05) is 17.9 Å². The molecule has 0 atom stereocenters. The van der Waals surface area contributed by atoms with E-state index in [1.54, 1.807) is 0 Å². The molecular weight excluding hydrogens is 325 g/mol. The molecule has 0 aromatic rings. The largest absolute Gasteiger partial charge is 3.00 e. The van der Waals surface area contributed by atoms with Crippen LogP contribution in [0.25, 0.3) is 0 Å². The van der Waals surface area contributed by atoms with Crippen LogP contribution in [-0.2, 0) is 14.4 Å². The van der Waals surface area contributed by atoms with Crippen molar-refractivity contribution in [1.82, 2.24) is 0 Å². The van der Waals surface area contributed by atoms with Crippen LogP contribution in [0.1, 0.15) is 20.8 Å². The molecule has 0 amide bonds. The maximum absolute atomic E-state index is 8.89. The number of carbonyl (C=O) groups is 3. The smallest absolute Gasteiger partial charge is 0.550 e. The third-order valence-electron chi connectivity index (χ3n) is 0. The first-order valence-corrected chi connectivity index (χ1v) is 2.72. The predicted octanol–water partition coefficient (Wildman–Crippen LogP) is -4.56. The van der Waals surface area contributed by atoms with Crippen LogP contribution in [0.4, 0.5) is 0 Å². The first-order chi connectivity index (χ1) is 5.20. The molecule has 0 aliphatic rings. The Hall–Kier alpha value is -0.266. The SMILES string of the molecule is CC(=O)[O-].CC(=O)[O-].CC(=O)[O-].O.[Pr+3]. The summed E-state index contributed by atoms with van der Waals surface area (Å²) in [6.07, 6.45) is 0. The Balaban J connectivity index is -0.0000000270. The van der Waals surface area contributed by atoms with E-state index in [4.69, 9.17) is 29.7 Å². The van der Waals surface area contributed by atoms with Gasteiger partial charge in [0.05, 0.1) is 0 Å². The molecule has 0 spiro atoms. The summed E-state index contributed by atoms with van der Waals surface area (Å²) in [5, 5.41) is 26.7. The fraction of sp³-hybridized carbons (Fsp3) is 0.500. The fourth-order valence-electron chi connectivity index (χ4n) is 0. The number of carboxylic acids is 3. The van der Waals surface area contributed by atoms with E-state index in [2.05, 4.69) is 0 Å². The second-order valence-corrected chi connectivity index (χ2v) is 1.47. The summed E-state index contributed by atoms with van der Waals surface area (Å²) < 4.78 is 0. The minimum Gasteiger partial charge on any atom is -0.550 e. The molecule has 0 saturated carbocycles. The molecule has 2 N–H and O–H groups in total. The Bertz CT molecular complexity index is 116. The zero-order chi connectivity index (χ0) is 10.7. The Morgan fingerprint density at radius 3 is 0.714 bits per heavy atom. The van der Waals surface area contributed by atoms with Gasteiger partial charge in [0.1, 0.15) is 0 Å². The summed E-state index contributed by atoms with van der Waals surface area (Å²) in [6, 6.07) is 0. The third kappa shape index (κ3) is 19100. The van der Waals surface area contributed by atoms with Crippen molar-refractivity contribution < 1.29 is 76.5 Å². The van der Waals surface area contributed by atoms with Gasteiger partial charge in [-0.15, -0.1) is 0 Å². The van der Waals surface area contributed by atoms with E-state index in [1.165, 1.54) is 0 Å². The number of carbonyl (C=O) groups excluding carboxylic acids is 3. The molecule has 0 saturated heterocycles. The van der Waals surface area contributed by atoms with Gasteiger partial charge in [-0.05, 0) is 20.8 Å². The van der Waals surface area contributed by atoms with E-state index in [9.17, 15) is 0 Å². The predicted molar refractivity (Wildman–Crippen MR) is 35.7 cm³/mol. The van der Waals surface area contributed by atoms with Crippen LogP contribution in [0.3, 0.4) is 0 Å². The van der Waals surface area contributed by atoms with Crippen LogP contribution in [0.15, 0.2) is 0 Å². The van der Waals surface area contributed by atoms with Crippen LogP contribution in [0, 0.1) is 41.3 Å². The van der Waals surface area contributed by atoms with Gasteiger partial charge < -0.3 is 35.2 Å². The van der Waals surface area contributed by atoms with Gasteiger partial charge in [-0.3, -0.25) is 0 Å². The van der Waals surface area contributed by atoms with Crippen LogP contribution < -0.4 is 15.3 Å². The van der Waals surface area contributed by atoms with E-state index >= 15 is 0 Å². The van der Waals surface area contributed by atoms with Crippen LogP contribution in [0.5, 0.6) is 0 Å². The van der Waals surface area contributed by atoms with E-state index < -0.39 is 17.9 Å². The van der Waals surface area contributed by atoms with Gasteiger partial charge in [0.15, 0.2) is 0 Å². The molecule has 0 aliphatic carbocycles. The molecule has 7 nitrogen and oxygen atoms in total. The summed E-state index contributed by atoms with van der Waals surface area (Å²) in [4.78, 5) is 26.7. The van der Waals surface area contributed by atoms with Crippen molar-refractivity contribution in [3.8, 4) is 0 Å². The second-order valence-electron chi connectivity index (χ2n) is 1.47. The summed E-state index contributed by atoms with van der Waals surface area (Å²) in [6.45, 7) is 2.92. The molecular formula is C6H11O7Pr. The monoisotopic (exact) mass is 336 g/mol. The quantitative estimate of drug-likeness (QED) is 0.434. The molecule has 0 aromatic heterocycles. The fourth-order valence-corrected chi connectivity index (χ4v) is 0. The molecule has 0 heterocycles. The van der Waals surface area contributed by atoms with Crippen molar-refractivity contribution in [3.05, 3.63) is 0 Å². The topological polar surface area (TPSA) is 152 Å². The Kier molecular flexibility index (Phi) is 47.9. The Morgan fingerprint density at radius 2 is 0.714 bits per heavy atom. The van der Waals surface area contributed by atoms with Crippen LogP contribution in [-0.4, -0.2) is 23.4 Å². The summed E-state index contributed by atoms with van der Waals surface area (Å²) >= 11 is 0. The molecule has 0 unspecified atom stereocenters. The number of hydrogen-bond acceptors (Lipinski definition) is 6. The van der Waals surface area contributed by atoms with Crippen LogP contribution in [0.2, 0.25) is 0 Å². The first kappa shape index (κ1) is 29.2. The van der Waals surface area contributed by atoms with Crippen molar-refractivity contribution in [3.63, 3.8) is 0 Å². The molecule has 0 radical (unpaired) electrons. The van der Waals surface area contributed by atoms with Crippen molar-refractivity contribution in [2.45, 2.75) is 20.8 Å². The van der Waals surface area contributed by atoms with Crippen molar-refractivity contribution in [2.75, 3.05) is 0 Å². The Labute approximate surface area is 114 Å². The first-order valence-electron chi connectivity index (χ1n) is 2.72. The average molecular weight is 336 g/mol. The minimum absolute atomic E-state index is 0. The number of carboxylic acid groups (broad SMARTS) is 3. The minimum atomic E-state index is -1.08. The van der Waals surface area contributed by atoms with Gasteiger partial charge in [-0.1, -0.05) is 0 Å². The van der Waals surface area contributed by atoms with Crippen LogP contribution >= 0.6 is 0 Å². The van der Waals surface area contributed by atoms with E-state index in [-0.39, 0.29) is 46.8 Å². The number of aliphatic carboxylic acids is 3. The molecule has 0 aliphatic heterocycles. The zero-order valence-electron chi connectivity index (χ0n) is 8.03. The molecule has 0 fully saturated rings.